The van der Waals surface area contributed by atoms with Crippen LogP contribution in [0, 0.1) is 0 Å². The Morgan fingerprint density at radius 2 is 1.67 bits per heavy atom. The monoisotopic (exact) mass is 449 g/mol. The highest BCUT2D eigenvalue weighted by Gasteiger charge is 2.15. The maximum atomic E-state index is 11.4. The molecule has 0 aliphatic heterocycles. The molecule has 4 N–H and O–H groups in total. The van der Waals surface area contributed by atoms with Crippen LogP contribution >= 0.6 is 0 Å². The molecule has 0 saturated heterocycles. The first-order valence-electron chi connectivity index (χ1n) is 11.2. The lowest BCUT2D eigenvalue weighted by atomic mass is 9.96. The summed E-state index contributed by atoms with van der Waals surface area (Å²) in [6.45, 7) is 4.94. The molecule has 2 atom stereocenters. The zero-order valence-corrected chi connectivity index (χ0v) is 19.0. The highest BCUT2D eigenvalue weighted by molar-refractivity contribution is 5.90. The summed E-state index contributed by atoms with van der Waals surface area (Å²) in [5.41, 5.74) is 3.92. The number of phenols is 1. The number of carboxylic acid groups (broad SMARTS) is 1. The lowest BCUT2D eigenvalue weighted by Crippen LogP contribution is -2.35. The number of aliphatic hydroxyl groups excluding tert-OH is 1. The molecule has 3 aromatic carbocycles. The summed E-state index contributed by atoms with van der Waals surface area (Å²) < 4.78 is 5.81. The number of carbonyl (C=O) groups is 1. The van der Waals surface area contributed by atoms with Crippen molar-refractivity contribution in [3.8, 4) is 22.6 Å². The Bertz CT molecular complexity index is 1050. The van der Waals surface area contributed by atoms with E-state index in [2.05, 4.69) is 5.32 Å². The maximum Gasteiger partial charge on any atom is 0.335 e. The van der Waals surface area contributed by atoms with Gasteiger partial charge in [0, 0.05) is 12.6 Å². The second-order valence-corrected chi connectivity index (χ2v) is 8.08. The number of carboxylic acids is 1. The molecule has 0 aliphatic rings. The van der Waals surface area contributed by atoms with Gasteiger partial charge in [-0.05, 0) is 65.9 Å². The minimum Gasteiger partial charge on any atom is -0.508 e. The van der Waals surface area contributed by atoms with Gasteiger partial charge in [-0.15, -0.1) is 0 Å². The van der Waals surface area contributed by atoms with E-state index in [-0.39, 0.29) is 11.8 Å². The van der Waals surface area contributed by atoms with Crippen LogP contribution in [-0.2, 0) is 6.42 Å². The number of aromatic carboxylic acids is 1. The third-order valence-electron chi connectivity index (χ3n) is 5.59. The predicted octanol–water partition coefficient (Wildman–Crippen LogP) is 4.80. The van der Waals surface area contributed by atoms with Gasteiger partial charge in [-0.2, -0.15) is 0 Å². The zero-order chi connectivity index (χ0) is 23.8. The van der Waals surface area contributed by atoms with Gasteiger partial charge in [-0.25, -0.2) is 4.79 Å². The minimum absolute atomic E-state index is 0.171. The van der Waals surface area contributed by atoms with Crippen LogP contribution in [0.3, 0.4) is 0 Å². The first kappa shape index (κ1) is 24.3. The molecular weight excluding hydrogens is 418 g/mol. The number of nitrogens with one attached hydrogen (secondary N) is 1. The largest absolute Gasteiger partial charge is 0.508 e. The van der Waals surface area contributed by atoms with Crippen molar-refractivity contribution < 1.29 is 24.9 Å². The lowest BCUT2D eigenvalue weighted by molar-refractivity contribution is 0.0695. The molecule has 6 heteroatoms. The summed E-state index contributed by atoms with van der Waals surface area (Å²) in [5.74, 6) is 0.0140. The van der Waals surface area contributed by atoms with E-state index in [4.69, 9.17) is 4.74 Å². The first-order valence-corrected chi connectivity index (χ1v) is 11.2. The van der Waals surface area contributed by atoms with Crippen LogP contribution in [0.1, 0.15) is 47.9 Å². The van der Waals surface area contributed by atoms with Crippen LogP contribution < -0.4 is 10.1 Å². The Labute approximate surface area is 194 Å². The number of hydrogen-bond donors (Lipinski definition) is 4. The van der Waals surface area contributed by atoms with E-state index in [9.17, 15) is 20.1 Å². The van der Waals surface area contributed by atoms with Crippen molar-refractivity contribution in [1.82, 2.24) is 5.32 Å². The van der Waals surface area contributed by atoms with E-state index < -0.39 is 12.1 Å². The Hall–Kier alpha value is -3.35. The molecule has 174 valence electrons. The summed E-state index contributed by atoms with van der Waals surface area (Å²) >= 11 is 0. The van der Waals surface area contributed by atoms with Crippen molar-refractivity contribution in [1.29, 1.82) is 0 Å². The van der Waals surface area contributed by atoms with E-state index in [0.717, 1.165) is 40.8 Å². The number of ether oxygens (including phenoxy) is 1. The molecule has 0 fully saturated rings. The molecule has 3 rings (SSSR count). The van der Waals surface area contributed by atoms with E-state index >= 15 is 0 Å². The number of aryl methyl sites for hydroxylation is 1. The number of rotatable bonds is 11. The standard InChI is InChI=1S/C27H31NO5/c1-3-4-22-17-21(9-14-25(22)27(31)32)19-7-12-24(13-8-19)33-16-15-28-18(2)26(30)20-5-10-23(29)11-6-20/h5-14,17-18,26,28-30H,3-4,15-16H2,1-2H3,(H,31,32)/t18-,26-/m1/s1. The van der Waals surface area contributed by atoms with Crippen molar-refractivity contribution in [2.24, 2.45) is 0 Å². The Kier molecular flexibility index (Phi) is 8.46. The summed E-state index contributed by atoms with van der Waals surface area (Å²) in [6, 6.07) is 19.5. The van der Waals surface area contributed by atoms with Gasteiger partial charge in [-0.3, -0.25) is 0 Å². The summed E-state index contributed by atoms with van der Waals surface area (Å²) in [5, 5.41) is 32.4. The smallest absolute Gasteiger partial charge is 0.335 e. The molecule has 0 aromatic heterocycles. The molecule has 0 amide bonds. The van der Waals surface area contributed by atoms with Gasteiger partial charge in [0.2, 0.25) is 0 Å². The van der Waals surface area contributed by atoms with Gasteiger partial charge in [0.25, 0.3) is 0 Å². The molecule has 3 aromatic rings. The second-order valence-electron chi connectivity index (χ2n) is 8.08. The molecule has 0 aliphatic carbocycles. The molecule has 33 heavy (non-hydrogen) atoms. The van der Waals surface area contributed by atoms with E-state index in [1.165, 1.54) is 0 Å². The summed E-state index contributed by atoms with van der Waals surface area (Å²) in [4.78, 5) is 11.4. The van der Waals surface area contributed by atoms with Gasteiger partial charge in [0.05, 0.1) is 11.7 Å². The fourth-order valence-corrected chi connectivity index (χ4v) is 3.73. The van der Waals surface area contributed by atoms with E-state index in [1.807, 2.05) is 50.2 Å². The number of phenolic OH excluding ortho intramolecular Hbond substituents is 1. The molecule has 0 heterocycles. The second kappa shape index (κ2) is 11.5. The van der Waals surface area contributed by atoms with Gasteiger partial charge < -0.3 is 25.4 Å². The van der Waals surface area contributed by atoms with Crippen LogP contribution in [0.4, 0.5) is 0 Å². The number of benzene rings is 3. The summed E-state index contributed by atoms with van der Waals surface area (Å²) in [7, 11) is 0. The Balaban J connectivity index is 1.52. The van der Waals surface area contributed by atoms with Crippen molar-refractivity contribution >= 4 is 5.97 Å². The first-order chi connectivity index (χ1) is 15.9. The van der Waals surface area contributed by atoms with Crippen LogP contribution in [0.5, 0.6) is 11.5 Å². The van der Waals surface area contributed by atoms with Gasteiger partial charge >= 0.3 is 5.97 Å². The van der Waals surface area contributed by atoms with Crippen LogP contribution in [0.15, 0.2) is 66.7 Å². The molecular formula is C27H31NO5. The number of aromatic hydroxyl groups is 1. The van der Waals surface area contributed by atoms with E-state index in [1.54, 1.807) is 30.3 Å². The number of aliphatic hydroxyl groups is 1. The molecule has 6 nitrogen and oxygen atoms in total. The van der Waals surface area contributed by atoms with E-state index in [0.29, 0.717) is 18.7 Å². The van der Waals surface area contributed by atoms with Crippen molar-refractivity contribution in [3.05, 3.63) is 83.4 Å². The highest BCUT2D eigenvalue weighted by Crippen LogP contribution is 2.26. The summed E-state index contributed by atoms with van der Waals surface area (Å²) in [6.07, 6.45) is 0.925. The zero-order valence-electron chi connectivity index (χ0n) is 19.0. The molecule has 0 radical (unpaired) electrons. The van der Waals surface area contributed by atoms with Crippen molar-refractivity contribution in [2.45, 2.75) is 38.8 Å². The highest BCUT2D eigenvalue weighted by atomic mass is 16.5. The Morgan fingerprint density at radius 1 is 1.00 bits per heavy atom. The minimum atomic E-state index is -0.896. The van der Waals surface area contributed by atoms with Gasteiger partial charge in [0.15, 0.2) is 0 Å². The molecule has 0 saturated carbocycles. The average molecular weight is 450 g/mol. The normalized spacial score (nSPS) is 12.8. The topological polar surface area (TPSA) is 99.0 Å². The fourth-order valence-electron chi connectivity index (χ4n) is 3.73. The fraction of sp³-hybridized carbons (Fsp3) is 0.296. The lowest BCUT2D eigenvalue weighted by Gasteiger charge is -2.21. The third-order valence-corrected chi connectivity index (χ3v) is 5.59. The van der Waals surface area contributed by atoms with Crippen molar-refractivity contribution in [2.75, 3.05) is 13.2 Å². The van der Waals surface area contributed by atoms with Crippen LogP contribution in [-0.4, -0.2) is 40.5 Å². The number of hydrogen-bond acceptors (Lipinski definition) is 5. The van der Waals surface area contributed by atoms with Crippen molar-refractivity contribution in [3.63, 3.8) is 0 Å². The quantitative estimate of drug-likeness (QED) is 0.314. The van der Waals surface area contributed by atoms with Crippen LogP contribution in [0.25, 0.3) is 11.1 Å². The third kappa shape index (κ3) is 6.57. The predicted molar refractivity (Wildman–Crippen MR) is 129 cm³/mol. The SMILES string of the molecule is CCCc1cc(-c2ccc(OCCN[C@H](C)[C@@H](O)c3ccc(O)cc3)cc2)ccc1C(=O)O. The van der Waals surface area contributed by atoms with Gasteiger partial charge in [-0.1, -0.05) is 49.7 Å². The molecule has 0 bridgehead atoms. The van der Waals surface area contributed by atoms with Gasteiger partial charge in [0.1, 0.15) is 18.1 Å². The molecule has 0 spiro atoms. The molecule has 0 unspecified atom stereocenters. The Morgan fingerprint density at radius 3 is 2.30 bits per heavy atom. The average Bonchev–Trinajstić information content (AvgIpc) is 2.82. The van der Waals surface area contributed by atoms with Crippen LogP contribution in [0.2, 0.25) is 0 Å². The maximum absolute atomic E-state index is 11.4.